The third kappa shape index (κ3) is 2.88. The molecule has 2 rings (SSSR count). The van der Waals surface area contributed by atoms with Gasteiger partial charge in [-0.25, -0.2) is 0 Å². The van der Waals surface area contributed by atoms with Gasteiger partial charge in [0, 0.05) is 0 Å². The fourth-order valence-electron chi connectivity index (χ4n) is 2.04. The maximum absolute atomic E-state index is 11.3. The van der Waals surface area contributed by atoms with E-state index in [-0.39, 0.29) is 27.6 Å². The number of aromatic hydroxyl groups is 2. The highest BCUT2D eigenvalue weighted by molar-refractivity contribution is 9.10. The van der Waals surface area contributed by atoms with E-state index in [0.717, 1.165) is 5.56 Å². The van der Waals surface area contributed by atoms with Crippen molar-refractivity contribution in [2.24, 2.45) is 0 Å². The van der Waals surface area contributed by atoms with Crippen molar-refractivity contribution < 1.29 is 19.7 Å². The van der Waals surface area contributed by atoms with Gasteiger partial charge in [-0.3, -0.25) is 4.79 Å². The van der Waals surface area contributed by atoms with Crippen LogP contribution in [0, 0.1) is 6.92 Å². The van der Waals surface area contributed by atoms with E-state index in [4.69, 9.17) is 4.74 Å². The third-order valence-corrected chi connectivity index (χ3v) is 4.28. The topological polar surface area (TPSA) is 66.8 Å². The summed E-state index contributed by atoms with van der Waals surface area (Å²) in [6, 6.07) is 9.40. The summed E-state index contributed by atoms with van der Waals surface area (Å²) in [5.41, 5.74) is 1.62. The predicted octanol–water partition coefficient (Wildman–Crippen LogP) is 4.12. The van der Waals surface area contributed by atoms with Gasteiger partial charge in [-0.15, -0.1) is 0 Å². The molecule has 0 saturated carbocycles. The van der Waals surface area contributed by atoms with Crippen LogP contribution in [-0.2, 0) is 0 Å². The van der Waals surface area contributed by atoms with Crippen LogP contribution in [-0.4, -0.2) is 16.5 Å². The summed E-state index contributed by atoms with van der Waals surface area (Å²) < 4.78 is 5.99. The summed E-state index contributed by atoms with van der Waals surface area (Å²) in [6.07, 6.45) is 0.225. The van der Waals surface area contributed by atoms with E-state index >= 15 is 0 Å². The zero-order valence-electron chi connectivity index (χ0n) is 11.6. The van der Waals surface area contributed by atoms with Crippen molar-refractivity contribution >= 4 is 22.2 Å². The van der Waals surface area contributed by atoms with Crippen LogP contribution in [0.5, 0.6) is 17.2 Å². The van der Waals surface area contributed by atoms with Crippen LogP contribution in [0.4, 0.5) is 0 Å². The van der Waals surface area contributed by atoms with Crippen LogP contribution in [0.1, 0.15) is 34.5 Å². The van der Waals surface area contributed by atoms with Crippen LogP contribution < -0.4 is 4.74 Å². The largest absolute Gasteiger partial charge is 0.503 e. The number of aldehydes is 1. The van der Waals surface area contributed by atoms with Crippen molar-refractivity contribution in [1.29, 1.82) is 0 Å². The van der Waals surface area contributed by atoms with Crippen molar-refractivity contribution in [1.82, 2.24) is 0 Å². The lowest BCUT2D eigenvalue weighted by Gasteiger charge is -2.19. The Morgan fingerprint density at radius 3 is 2.38 bits per heavy atom. The van der Waals surface area contributed by atoms with E-state index in [1.165, 1.54) is 0 Å². The molecule has 0 fully saturated rings. The number of rotatable bonds is 4. The molecule has 2 aromatic carbocycles. The van der Waals surface area contributed by atoms with Gasteiger partial charge >= 0.3 is 0 Å². The first kappa shape index (κ1) is 15.4. The molecule has 5 heteroatoms. The smallest absolute Gasteiger partial charge is 0.202 e. The molecule has 0 radical (unpaired) electrons. The average Bonchev–Trinajstić information content (AvgIpc) is 2.51. The second-order valence-electron chi connectivity index (χ2n) is 4.67. The van der Waals surface area contributed by atoms with E-state index in [1.54, 1.807) is 13.8 Å². The molecule has 0 aromatic heterocycles. The number of hydrogen-bond acceptors (Lipinski definition) is 4. The van der Waals surface area contributed by atoms with Crippen molar-refractivity contribution in [2.45, 2.75) is 20.0 Å². The molecule has 0 amide bonds. The van der Waals surface area contributed by atoms with Crippen LogP contribution in [0.15, 0.2) is 34.8 Å². The van der Waals surface area contributed by atoms with Gasteiger partial charge in [0.15, 0.2) is 17.8 Å². The lowest BCUT2D eigenvalue weighted by atomic mass is 10.1. The Balaban J connectivity index is 2.47. The summed E-state index contributed by atoms with van der Waals surface area (Å²) in [7, 11) is 0. The number of phenols is 2. The number of ether oxygens (including phenoxy) is 1. The SMILES string of the molecule is Cc1c(Br)c(O)c(O)c(OC(C)c2ccccc2)c1C=O. The highest BCUT2D eigenvalue weighted by Gasteiger charge is 2.23. The Labute approximate surface area is 131 Å². The van der Waals surface area contributed by atoms with Crippen LogP contribution in [0.25, 0.3) is 0 Å². The van der Waals surface area contributed by atoms with Gasteiger partial charge in [0.05, 0.1) is 10.0 Å². The predicted molar refractivity (Wildman–Crippen MR) is 83.1 cm³/mol. The second-order valence-corrected chi connectivity index (χ2v) is 5.46. The quantitative estimate of drug-likeness (QED) is 0.642. The minimum absolute atomic E-state index is 0.0143. The first-order valence-electron chi connectivity index (χ1n) is 6.38. The van der Waals surface area contributed by atoms with E-state index in [9.17, 15) is 15.0 Å². The molecule has 0 aliphatic rings. The highest BCUT2D eigenvalue weighted by Crippen LogP contribution is 2.46. The minimum atomic E-state index is -0.447. The number of halogens is 1. The molecule has 110 valence electrons. The summed E-state index contributed by atoms with van der Waals surface area (Å²) in [6.45, 7) is 3.46. The Kier molecular flexibility index (Phi) is 4.53. The monoisotopic (exact) mass is 350 g/mol. The minimum Gasteiger partial charge on any atom is -0.503 e. The number of carbonyl (C=O) groups excluding carboxylic acids is 1. The Hall–Kier alpha value is -2.01. The summed E-state index contributed by atoms with van der Waals surface area (Å²) in [5.74, 6) is -0.801. The van der Waals surface area contributed by atoms with E-state index < -0.39 is 5.75 Å². The fourth-order valence-corrected chi connectivity index (χ4v) is 2.44. The molecule has 2 N–H and O–H groups in total. The molecular weight excluding hydrogens is 336 g/mol. The van der Waals surface area contributed by atoms with E-state index in [2.05, 4.69) is 15.9 Å². The third-order valence-electron chi connectivity index (χ3n) is 3.31. The molecule has 0 bridgehead atoms. The summed E-state index contributed by atoms with van der Waals surface area (Å²) in [4.78, 5) is 11.3. The molecule has 2 aromatic rings. The van der Waals surface area contributed by atoms with E-state index in [1.807, 2.05) is 30.3 Å². The number of phenolic OH excluding ortho intramolecular Hbond substituents is 2. The maximum atomic E-state index is 11.3. The molecular formula is C16H15BrO4. The fraction of sp³-hybridized carbons (Fsp3) is 0.188. The number of carbonyl (C=O) groups is 1. The second kappa shape index (κ2) is 6.18. The maximum Gasteiger partial charge on any atom is 0.202 e. The van der Waals surface area contributed by atoms with Crippen LogP contribution in [0.3, 0.4) is 0 Å². The van der Waals surface area contributed by atoms with Crippen molar-refractivity contribution in [3.05, 3.63) is 51.5 Å². The van der Waals surface area contributed by atoms with Gasteiger partial charge in [-0.2, -0.15) is 0 Å². The lowest BCUT2D eigenvalue weighted by molar-refractivity contribution is 0.111. The molecule has 0 saturated heterocycles. The molecule has 1 unspecified atom stereocenters. The summed E-state index contributed by atoms with van der Waals surface area (Å²) >= 11 is 3.14. The Morgan fingerprint density at radius 1 is 1.19 bits per heavy atom. The van der Waals surface area contributed by atoms with Crippen LogP contribution in [0.2, 0.25) is 0 Å². The highest BCUT2D eigenvalue weighted by atomic mass is 79.9. The van der Waals surface area contributed by atoms with Gasteiger partial charge in [0.2, 0.25) is 5.75 Å². The average molecular weight is 351 g/mol. The first-order chi connectivity index (χ1) is 9.97. The van der Waals surface area contributed by atoms with Gasteiger partial charge in [-0.1, -0.05) is 30.3 Å². The Morgan fingerprint density at radius 2 is 1.81 bits per heavy atom. The van der Waals surface area contributed by atoms with Gasteiger partial charge < -0.3 is 14.9 Å². The molecule has 1 atom stereocenters. The lowest BCUT2D eigenvalue weighted by Crippen LogP contribution is -2.06. The van der Waals surface area contributed by atoms with Crippen molar-refractivity contribution in [2.75, 3.05) is 0 Å². The van der Waals surface area contributed by atoms with E-state index in [0.29, 0.717) is 11.8 Å². The van der Waals surface area contributed by atoms with Crippen LogP contribution >= 0.6 is 15.9 Å². The normalized spacial score (nSPS) is 12.0. The number of benzene rings is 2. The molecule has 0 spiro atoms. The van der Waals surface area contributed by atoms with Gasteiger partial charge in [-0.05, 0) is 40.9 Å². The van der Waals surface area contributed by atoms with Crippen molar-refractivity contribution in [3.63, 3.8) is 0 Å². The Bertz CT molecular complexity index is 668. The molecule has 21 heavy (non-hydrogen) atoms. The van der Waals surface area contributed by atoms with Crippen molar-refractivity contribution in [3.8, 4) is 17.2 Å². The number of hydrogen-bond donors (Lipinski definition) is 2. The first-order valence-corrected chi connectivity index (χ1v) is 7.17. The zero-order valence-corrected chi connectivity index (χ0v) is 13.2. The van der Waals surface area contributed by atoms with Gasteiger partial charge in [0.25, 0.3) is 0 Å². The molecule has 0 aliphatic carbocycles. The standard InChI is InChI=1S/C16H15BrO4/c1-9-12(8-18)16(15(20)14(19)13(9)17)21-10(2)11-6-4-3-5-7-11/h3-8,10,19-20H,1-2H3. The molecule has 4 nitrogen and oxygen atoms in total. The zero-order chi connectivity index (χ0) is 15.6. The summed E-state index contributed by atoms with van der Waals surface area (Å²) in [5, 5.41) is 19.9. The van der Waals surface area contributed by atoms with Gasteiger partial charge in [0.1, 0.15) is 6.10 Å². The molecule has 0 heterocycles. The molecule has 0 aliphatic heterocycles.